The van der Waals surface area contributed by atoms with Crippen molar-refractivity contribution < 1.29 is 4.79 Å². The van der Waals surface area contributed by atoms with Gasteiger partial charge in [0.15, 0.2) is 0 Å². The number of carbonyl (C=O) groups is 1. The Labute approximate surface area is 149 Å². The Morgan fingerprint density at radius 2 is 2.04 bits per heavy atom. The molecule has 5 heteroatoms. The summed E-state index contributed by atoms with van der Waals surface area (Å²) in [4.78, 5) is 19.2. The summed E-state index contributed by atoms with van der Waals surface area (Å²) >= 11 is 0. The number of hydrogen-bond acceptors (Lipinski definition) is 3. The van der Waals surface area contributed by atoms with E-state index in [4.69, 9.17) is 0 Å². The molecule has 5 nitrogen and oxygen atoms in total. The molecular weight excluding hydrogens is 312 g/mol. The van der Waals surface area contributed by atoms with Gasteiger partial charge < -0.3 is 4.90 Å². The number of likely N-dealkylation sites (tertiary alicyclic amines) is 1. The van der Waals surface area contributed by atoms with Crippen molar-refractivity contribution in [2.24, 2.45) is 5.92 Å². The maximum absolute atomic E-state index is 13.0. The van der Waals surface area contributed by atoms with E-state index in [9.17, 15) is 4.79 Å². The number of nitrogens with one attached hydrogen (secondary N) is 1. The molecule has 0 saturated carbocycles. The Hall–Kier alpha value is -2.17. The molecule has 25 heavy (non-hydrogen) atoms. The zero-order valence-corrected chi connectivity index (χ0v) is 15.4. The molecule has 2 atom stereocenters. The van der Waals surface area contributed by atoms with E-state index >= 15 is 0 Å². The first-order valence-electron chi connectivity index (χ1n) is 9.27. The summed E-state index contributed by atoms with van der Waals surface area (Å²) in [7, 11) is 0. The number of aromatic nitrogens is 3. The summed E-state index contributed by atoms with van der Waals surface area (Å²) in [6, 6.07) is 8.54. The molecule has 1 saturated heterocycles. The monoisotopic (exact) mass is 340 g/mol. The van der Waals surface area contributed by atoms with E-state index in [0.717, 1.165) is 43.7 Å². The molecule has 0 aliphatic carbocycles. The molecule has 2 aromatic rings. The minimum absolute atomic E-state index is 0.110. The van der Waals surface area contributed by atoms with Gasteiger partial charge in [-0.3, -0.25) is 9.89 Å². The van der Waals surface area contributed by atoms with Crippen LogP contribution in [0.4, 0.5) is 0 Å². The Morgan fingerprint density at radius 3 is 2.68 bits per heavy atom. The number of carbonyl (C=O) groups excluding carboxylic acids is 1. The zero-order valence-electron chi connectivity index (χ0n) is 15.4. The van der Waals surface area contributed by atoms with E-state index < -0.39 is 0 Å². The summed E-state index contributed by atoms with van der Waals surface area (Å²) in [6.45, 7) is 8.02. The van der Waals surface area contributed by atoms with Crippen molar-refractivity contribution in [3.63, 3.8) is 0 Å². The van der Waals surface area contributed by atoms with Crippen LogP contribution in [0, 0.1) is 5.92 Å². The molecule has 1 aromatic heterocycles. The highest BCUT2D eigenvalue weighted by Gasteiger charge is 2.29. The number of aromatic amines is 1. The zero-order chi connectivity index (χ0) is 17.8. The Morgan fingerprint density at radius 1 is 1.28 bits per heavy atom. The lowest BCUT2D eigenvalue weighted by Crippen LogP contribution is -2.41. The van der Waals surface area contributed by atoms with Gasteiger partial charge in [0.05, 0.1) is 5.92 Å². The number of amides is 1. The van der Waals surface area contributed by atoms with E-state index in [2.05, 4.69) is 53.3 Å². The molecule has 0 radical (unpaired) electrons. The van der Waals surface area contributed by atoms with E-state index in [-0.39, 0.29) is 17.7 Å². The second-order valence-corrected chi connectivity index (χ2v) is 7.56. The van der Waals surface area contributed by atoms with Gasteiger partial charge in [-0.25, -0.2) is 4.98 Å². The summed E-state index contributed by atoms with van der Waals surface area (Å²) in [5.74, 6) is 1.90. The van der Waals surface area contributed by atoms with Crippen LogP contribution in [0.3, 0.4) is 0 Å². The molecule has 1 fully saturated rings. The Bertz CT molecular complexity index is 678. The van der Waals surface area contributed by atoms with E-state index in [1.165, 1.54) is 11.9 Å². The van der Waals surface area contributed by atoms with Gasteiger partial charge in [-0.05, 0) is 43.2 Å². The van der Waals surface area contributed by atoms with E-state index in [0.29, 0.717) is 5.92 Å². The molecule has 0 unspecified atom stereocenters. The first kappa shape index (κ1) is 17.6. The summed E-state index contributed by atoms with van der Waals surface area (Å²) in [6.07, 6.45) is 4.68. The van der Waals surface area contributed by atoms with Crippen LogP contribution in [0.15, 0.2) is 30.6 Å². The minimum atomic E-state index is -0.110. The van der Waals surface area contributed by atoms with Crippen molar-refractivity contribution in [3.8, 4) is 0 Å². The van der Waals surface area contributed by atoms with E-state index in [1.807, 2.05) is 11.8 Å². The standard InChI is InChI=1S/C20H28N4O/c1-14(2)11-16-6-8-17(9-7-16)15(3)20(25)24-10-4-5-18(12-24)19-21-13-22-23-19/h6-9,13-15,18H,4-5,10-12H2,1-3H3,(H,21,22,23)/t15-,18+/m0/s1. The van der Waals surface area contributed by atoms with Crippen LogP contribution in [0.25, 0.3) is 0 Å². The number of benzene rings is 1. The van der Waals surface area contributed by atoms with Gasteiger partial charge in [0.25, 0.3) is 0 Å². The van der Waals surface area contributed by atoms with Crippen LogP contribution in [-0.4, -0.2) is 39.1 Å². The molecule has 1 amide bonds. The molecule has 0 bridgehead atoms. The van der Waals surface area contributed by atoms with Crippen LogP contribution in [-0.2, 0) is 11.2 Å². The van der Waals surface area contributed by atoms with Gasteiger partial charge >= 0.3 is 0 Å². The fraction of sp³-hybridized carbons (Fsp3) is 0.550. The molecule has 1 aliphatic rings. The van der Waals surface area contributed by atoms with Gasteiger partial charge in [-0.2, -0.15) is 5.10 Å². The molecule has 2 heterocycles. The van der Waals surface area contributed by atoms with Crippen LogP contribution >= 0.6 is 0 Å². The number of H-pyrrole nitrogens is 1. The summed E-state index contributed by atoms with van der Waals surface area (Å²) in [5, 5.41) is 6.89. The SMILES string of the molecule is CC(C)Cc1ccc([C@H](C)C(=O)N2CCC[C@@H](c3ncn[nH]3)C2)cc1. The molecule has 1 N–H and O–H groups in total. The van der Waals surface area contributed by atoms with Crippen molar-refractivity contribution in [2.45, 2.75) is 51.9 Å². The Balaban J connectivity index is 1.65. The fourth-order valence-corrected chi connectivity index (χ4v) is 3.64. The highest BCUT2D eigenvalue weighted by molar-refractivity contribution is 5.83. The van der Waals surface area contributed by atoms with Gasteiger partial charge in [-0.15, -0.1) is 0 Å². The quantitative estimate of drug-likeness (QED) is 0.906. The topological polar surface area (TPSA) is 61.9 Å². The fourth-order valence-electron chi connectivity index (χ4n) is 3.64. The second-order valence-electron chi connectivity index (χ2n) is 7.56. The first-order valence-corrected chi connectivity index (χ1v) is 9.27. The third-order valence-corrected chi connectivity index (χ3v) is 5.05. The molecule has 1 aliphatic heterocycles. The van der Waals surface area contributed by atoms with Gasteiger partial charge in [-0.1, -0.05) is 38.1 Å². The number of nitrogens with zero attached hydrogens (tertiary/aromatic N) is 3. The highest BCUT2D eigenvalue weighted by atomic mass is 16.2. The molecule has 0 spiro atoms. The predicted octanol–water partition coefficient (Wildman–Crippen LogP) is 3.51. The third-order valence-electron chi connectivity index (χ3n) is 5.05. The lowest BCUT2D eigenvalue weighted by atomic mass is 9.93. The van der Waals surface area contributed by atoms with Crippen molar-refractivity contribution >= 4 is 5.91 Å². The van der Waals surface area contributed by atoms with Crippen LogP contribution in [0.1, 0.15) is 62.4 Å². The number of rotatable bonds is 5. The van der Waals surface area contributed by atoms with Crippen LogP contribution < -0.4 is 0 Å². The normalized spacial score (nSPS) is 19.2. The summed E-state index contributed by atoms with van der Waals surface area (Å²) < 4.78 is 0. The predicted molar refractivity (Wildman–Crippen MR) is 98.3 cm³/mol. The van der Waals surface area contributed by atoms with Gasteiger partial charge in [0.1, 0.15) is 12.2 Å². The second kappa shape index (κ2) is 7.81. The maximum Gasteiger partial charge on any atom is 0.229 e. The molecule has 134 valence electrons. The largest absolute Gasteiger partial charge is 0.341 e. The molecular formula is C20H28N4O. The van der Waals surface area contributed by atoms with Crippen molar-refractivity contribution in [1.82, 2.24) is 20.1 Å². The number of piperidine rings is 1. The van der Waals surface area contributed by atoms with Crippen LogP contribution in [0.2, 0.25) is 0 Å². The average Bonchev–Trinajstić information content (AvgIpc) is 3.15. The average molecular weight is 340 g/mol. The third kappa shape index (κ3) is 4.27. The smallest absolute Gasteiger partial charge is 0.229 e. The lowest BCUT2D eigenvalue weighted by molar-refractivity contribution is -0.133. The maximum atomic E-state index is 13.0. The molecule has 3 rings (SSSR count). The summed E-state index contributed by atoms with van der Waals surface area (Å²) in [5.41, 5.74) is 2.43. The minimum Gasteiger partial charge on any atom is -0.341 e. The van der Waals surface area contributed by atoms with E-state index in [1.54, 1.807) is 0 Å². The number of hydrogen-bond donors (Lipinski definition) is 1. The van der Waals surface area contributed by atoms with Crippen molar-refractivity contribution in [3.05, 3.63) is 47.5 Å². The van der Waals surface area contributed by atoms with Crippen molar-refractivity contribution in [2.75, 3.05) is 13.1 Å². The van der Waals surface area contributed by atoms with Gasteiger partial charge in [0, 0.05) is 19.0 Å². The van der Waals surface area contributed by atoms with Crippen LogP contribution in [0.5, 0.6) is 0 Å². The van der Waals surface area contributed by atoms with Gasteiger partial charge in [0.2, 0.25) is 5.91 Å². The van der Waals surface area contributed by atoms with Crippen molar-refractivity contribution in [1.29, 1.82) is 0 Å². The lowest BCUT2D eigenvalue weighted by Gasteiger charge is -2.33. The molecule has 1 aromatic carbocycles. The Kier molecular flexibility index (Phi) is 5.51. The highest BCUT2D eigenvalue weighted by Crippen LogP contribution is 2.27. The first-order chi connectivity index (χ1) is 12.0.